The summed E-state index contributed by atoms with van der Waals surface area (Å²) in [5.41, 5.74) is 5.76. The van der Waals surface area contributed by atoms with E-state index in [0.29, 0.717) is 16.1 Å². The van der Waals surface area contributed by atoms with Crippen molar-refractivity contribution in [3.63, 3.8) is 0 Å². The Morgan fingerprint density at radius 3 is 2.65 bits per heavy atom. The van der Waals surface area contributed by atoms with E-state index in [4.69, 9.17) is 17.3 Å². The maximum absolute atomic E-state index is 12.3. The summed E-state index contributed by atoms with van der Waals surface area (Å²) in [4.78, 5) is 13.8. The van der Waals surface area contributed by atoms with E-state index in [1.807, 2.05) is 0 Å². The zero-order valence-corrected chi connectivity index (χ0v) is 12.7. The number of halogens is 1. The lowest BCUT2D eigenvalue weighted by Gasteiger charge is -2.34. The zero-order valence-electron chi connectivity index (χ0n) is 11.9. The Kier molecular flexibility index (Phi) is 5.58. The molecule has 1 aromatic rings. The van der Waals surface area contributed by atoms with Crippen molar-refractivity contribution in [3.05, 3.63) is 34.3 Å². The number of rotatable bonds is 3. The first-order valence-corrected chi connectivity index (χ1v) is 6.59. The van der Waals surface area contributed by atoms with E-state index < -0.39 is 5.54 Å². The van der Waals surface area contributed by atoms with E-state index in [0.717, 1.165) is 0 Å². The van der Waals surface area contributed by atoms with Crippen LogP contribution in [0.4, 0.5) is 0 Å². The molecule has 0 saturated carbocycles. The molecule has 20 heavy (non-hydrogen) atoms. The van der Waals surface area contributed by atoms with Gasteiger partial charge in [-0.2, -0.15) is 0 Å². The van der Waals surface area contributed by atoms with Gasteiger partial charge in [0.2, 0.25) is 0 Å². The lowest BCUT2D eigenvalue weighted by atomic mass is 10.0. The van der Waals surface area contributed by atoms with Crippen molar-refractivity contribution < 1.29 is 9.90 Å². The average molecular weight is 295 g/mol. The summed E-state index contributed by atoms with van der Waals surface area (Å²) in [6.45, 7) is 3.70. The highest BCUT2D eigenvalue weighted by Crippen LogP contribution is 2.20. The highest BCUT2D eigenvalue weighted by molar-refractivity contribution is 6.32. The molecule has 0 unspecified atom stereocenters. The minimum atomic E-state index is -0.637. The van der Waals surface area contributed by atoms with Crippen LogP contribution in [-0.4, -0.2) is 41.7 Å². The lowest BCUT2D eigenvalue weighted by molar-refractivity contribution is 0.0473. The summed E-state index contributed by atoms with van der Waals surface area (Å²) in [5, 5.41) is 9.72. The van der Waals surface area contributed by atoms with Gasteiger partial charge in [-0.25, -0.2) is 0 Å². The first-order chi connectivity index (χ1) is 9.33. The van der Waals surface area contributed by atoms with Crippen molar-refractivity contribution in [2.24, 2.45) is 5.73 Å². The summed E-state index contributed by atoms with van der Waals surface area (Å²) < 4.78 is 0. The van der Waals surface area contributed by atoms with Gasteiger partial charge in [0.15, 0.2) is 0 Å². The van der Waals surface area contributed by atoms with Crippen LogP contribution in [0.5, 0.6) is 0 Å². The van der Waals surface area contributed by atoms with Crippen LogP contribution in [0, 0.1) is 11.8 Å². The minimum Gasteiger partial charge on any atom is -0.394 e. The van der Waals surface area contributed by atoms with E-state index in [1.165, 1.54) is 4.90 Å². The number of hydrogen-bond donors (Lipinski definition) is 2. The van der Waals surface area contributed by atoms with Crippen LogP contribution in [0.3, 0.4) is 0 Å². The molecule has 0 heterocycles. The van der Waals surface area contributed by atoms with Gasteiger partial charge in [-0.3, -0.25) is 4.79 Å². The Morgan fingerprint density at radius 1 is 1.50 bits per heavy atom. The van der Waals surface area contributed by atoms with Crippen LogP contribution in [0.15, 0.2) is 18.2 Å². The number of carbonyl (C=O) groups excluding carboxylic acids is 1. The molecule has 3 N–H and O–H groups in total. The third kappa shape index (κ3) is 3.73. The van der Waals surface area contributed by atoms with Crippen molar-refractivity contribution >= 4 is 17.5 Å². The molecule has 0 aromatic heterocycles. The Bertz CT molecular complexity index is 559. The monoisotopic (exact) mass is 294 g/mol. The molecule has 0 spiro atoms. The molecule has 1 aromatic carbocycles. The number of benzene rings is 1. The number of carbonyl (C=O) groups is 1. The molecular formula is C15H19ClN2O2. The number of aliphatic hydroxyl groups is 1. The van der Waals surface area contributed by atoms with E-state index in [2.05, 4.69) is 11.8 Å². The maximum atomic E-state index is 12.3. The number of amides is 1. The van der Waals surface area contributed by atoms with Gasteiger partial charge in [-0.05, 0) is 32.0 Å². The molecule has 0 atom stereocenters. The largest absolute Gasteiger partial charge is 0.394 e. The summed E-state index contributed by atoms with van der Waals surface area (Å²) >= 11 is 6.10. The normalized spacial score (nSPS) is 10.7. The average Bonchev–Trinajstić information content (AvgIpc) is 2.44. The van der Waals surface area contributed by atoms with Crippen LogP contribution >= 0.6 is 11.6 Å². The summed E-state index contributed by atoms with van der Waals surface area (Å²) in [6, 6.07) is 4.94. The van der Waals surface area contributed by atoms with E-state index in [9.17, 15) is 9.90 Å². The molecule has 4 nitrogen and oxygen atoms in total. The van der Waals surface area contributed by atoms with Gasteiger partial charge in [0.05, 0.1) is 23.7 Å². The van der Waals surface area contributed by atoms with Gasteiger partial charge in [-0.15, -0.1) is 0 Å². The van der Waals surface area contributed by atoms with Crippen LogP contribution in [0.2, 0.25) is 5.02 Å². The summed E-state index contributed by atoms with van der Waals surface area (Å²) in [7, 11) is 1.65. The fraction of sp³-hybridized carbons (Fsp3) is 0.400. The maximum Gasteiger partial charge on any atom is 0.254 e. The molecule has 108 valence electrons. The third-order valence-corrected chi connectivity index (χ3v) is 3.45. The first kappa shape index (κ1) is 16.5. The summed E-state index contributed by atoms with van der Waals surface area (Å²) in [6.07, 6.45) is 0. The molecule has 0 saturated heterocycles. The smallest absolute Gasteiger partial charge is 0.254 e. The molecule has 0 aliphatic carbocycles. The fourth-order valence-electron chi connectivity index (χ4n) is 1.47. The molecule has 0 aliphatic rings. The molecule has 0 fully saturated rings. The number of hydrogen-bond acceptors (Lipinski definition) is 3. The SMILES string of the molecule is CN(C(=O)c1ccc(C#CCN)c(Cl)c1)C(C)(C)CO. The van der Waals surface area contributed by atoms with Crippen molar-refractivity contribution in [2.45, 2.75) is 19.4 Å². The van der Waals surface area contributed by atoms with Crippen molar-refractivity contribution in [1.29, 1.82) is 0 Å². The highest BCUT2D eigenvalue weighted by Gasteiger charge is 2.27. The summed E-state index contributed by atoms with van der Waals surface area (Å²) in [5.74, 6) is 5.35. The number of nitrogens with zero attached hydrogens (tertiary/aromatic N) is 1. The minimum absolute atomic E-state index is 0.122. The molecular weight excluding hydrogens is 276 g/mol. The molecule has 5 heteroatoms. The third-order valence-electron chi connectivity index (χ3n) is 3.14. The second kappa shape index (κ2) is 6.76. The lowest BCUT2D eigenvalue weighted by Crippen LogP contribution is -2.47. The second-order valence-corrected chi connectivity index (χ2v) is 5.44. The standard InChI is InChI=1S/C15H19ClN2O2/c1-15(2,10-19)18(3)14(20)12-7-6-11(5-4-8-17)13(16)9-12/h6-7,9,19H,8,10,17H2,1-3H3. The first-order valence-electron chi connectivity index (χ1n) is 6.21. The van der Waals surface area contributed by atoms with Gasteiger partial charge in [0, 0.05) is 18.2 Å². The van der Waals surface area contributed by atoms with E-state index in [-0.39, 0.29) is 19.1 Å². The van der Waals surface area contributed by atoms with E-state index in [1.54, 1.807) is 39.1 Å². The van der Waals surface area contributed by atoms with Crippen LogP contribution in [0.25, 0.3) is 0 Å². The fourth-order valence-corrected chi connectivity index (χ4v) is 1.70. The van der Waals surface area contributed by atoms with Crippen LogP contribution in [0.1, 0.15) is 29.8 Å². The second-order valence-electron chi connectivity index (χ2n) is 5.04. The topological polar surface area (TPSA) is 66.6 Å². The molecule has 0 radical (unpaired) electrons. The van der Waals surface area contributed by atoms with Gasteiger partial charge in [-0.1, -0.05) is 23.4 Å². The molecule has 1 rings (SSSR count). The van der Waals surface area contributed by atoms with Crippen molar-refractivity contribution in [2.75, 3.05) is 20.2 Å². The zero-order chi connectivity index (χ0) is 15.3. The van der Waals surface area contributed by atoms with Gasteiger partial charge >= 0.3 is 0 Å². The van der Waals surface area contributed by atoms with Crippen molar-refractivity contribution in [1.82, 2.24) is 4.90 Å². The Balaban J connectivity index is 3.04. The number of nitrogens with two attached hydrogens (primary N) is 1. The van der Waals surface area contributed by atoms with Crippen LogP contribution < -0.4 is 5.73 Å². The number of likely N-dealkylation sites (N-methyl/N-ethyl adjacent to an activating group) is 1. The molecule has 0 aliphatic heterocycles. The van der Waals surface area contributed by atoms with Gasteiger partial charge in [0.1, 0.15) is 0 Å². The highest BCUT2D eigenvalue weighted by atomic mass is 35.5. The van der Waals surface area contributed by atoms with E-state index >= 15 is 0 Å². The molecule has 1 amide bonds. The number of aliphatic hydroxyl groups excluding tert-OH is 1. The Hall–Kier alpha value is -1.54. The molecule has 0 bridgehead atoms. The Labute approximate surface area is 124 Å². The Morgan fingerprint density at radius 2 is 2.15 bits per heavy atom. The van der Waals surface area contributed by atoms with Gasteiger partial charge in [0.25, 0.3) is 5.91 Å². The van der Waals surface area contributed by atoms with Crippen LogP contribution in [-0.2, 0) is 0 Å². The van der Waals surface area contributed by atoms with Crippen molar-refractivity contribution in [3.8, 4) is 11.8 Å². The van der Waals surface area contributed by atoms with Gasteiger partial charge < -0.3 is 15.7 Å². The quantitative estimate of drug-likeness (QED) is 0.830. The predicted octanol–water partition coefficient (Wildman–Crippen LogP) is 1.49. The predicted molar refractivity (Wildman–Crippen MR) is 80.6 cm³/mol.